The minimum Gasteiger partial charge on any atom is -0.545 e. The molecule has 0 radical (unpaired) electrons. The van der Waals surface area contributed by atoms with Crippen LogP contribution in [0.1, 0.15) is 16.1 Å². The molecule has 8 heteroatoms. The maximum atomic E-state index is 13.1. The average molecular weight is 398 g/mol. The highest BCUT2D eigenvalue weighted by Crippen LogP contribution is 2.37. The molecule has 0 atom stereocenters. The number of hydrogen-bond donors (Lipinski definition) is 1. The summed E-state index contributed by atoms with van der Waals surface area (Å²) < 4.78 is 46.7. The van der Waals surface area contributed by atoms with Crippen LogP contribution in [0.3, 0.4) is 0 Å². The van der Waals surface area contributed by atoms with Crippen molar-refractivity contribution in [1.82, 2.24) is 0 Å². The number of halogens is 1. The number of nitrogens with one attached hydrogen (secondary N) is 1. The van der Waals surface area contributed by atoms with E-state index in [-0.39, 0.29) is 27.3 Å². The Morgan fingerprint density at radius 2 is 1.68 bits per heavy atom. The van der Waals surface area contributed by atoms with Crippen LogP contribution in [0, 0.1) is 12.7 Å². The van der Waals surface area contributed by atoms with Crippen LogP contribution in [0.25, 0.3) is 21.7 Å². The van der Waals surface area contributed by atoms with Gasteiger partial charge in [-0.3, -0.25) is 4.72 Å². The van der Waals surface area contributed by atoms with Gasteiger partial charge in [-0.05, 0) is 37.3 Å². The first-order chi connectivity index (χ1) is 13.3. The topological polar surface area (TPSA) is 99.4 Å². The molecule has 0 saturated carbocycles. The van der Waals surface area contributed by atoms with Gasteiger partial charge >= 0.3 is 0 Å². The zero-order chi connectivity index (χ0) is 20.1. The van der Waals surface area contributed by atoms with Crippen LogP contribution in [0.15, 0.2) is 63.9 Å². The van der Waals surface area contributed by atoms with Crippen LogP contribution in [0.2, 0.25) is 0 Å². The maximum absolute atomic E-state index is 13.1. The number of anilines is 1. The molecule has 1 aromatic heterocycles. The van der Waals surface area contributed by atoms with Crippen LogP contribution in [-0.4, -0.2) is 14.4 Å². The fourth-order valence-corrected chi connectivity index (χ4v) is 4.26. The summed E-state index contributed by atoms with van der Waals surface area (Å²) in [5, 5.41) is 12.8. The molecule has 4 rings (SSSR count). The fourth-order valence-electron chi connectivity index (χ4n) is 3.19. The number of benzene rings is 3. The normalized spacial score (nSPS) is 11.8. The van der Waals surface area contributed by atoms with Gasteiger partial charge in [-0.15, -0.1) is 0 Å². The van der Waals surface area contributed by atoms with Gasteiger partial charge in [0.05, 0.1) is 16.6 Å². The first-order valence-electron chi connectivity index (χ1n) is 8.22. The van der Waals surface area contributed by atoms with Gasteiger partial charge in [-0.25, -0.2) is 12.8 Å². The van der Waals surface area contributed by atoms with Crippen LogP contribution >= 0.6 is 0 Å². The number of rotatable bonds is 4. The minimum atomic E-state index is -4.03. The molecule has 1 N–H and O–H groups in total. The number of carboxylic acid groups (broad SMARTS) is 1. The second-order valence-electron chi connectivity index (χ2n) is 6.23. The van der Waals surface area contributed by atoms with E-state index >= 15 is 0 Å². The number of furan rings is 1. The van der Waals surface area contributed by atoms with Gasteiger partial charge in [0, 0.05) is 21.7 Å². The molecular formula is C20H13FNO5S-. The van der Waals surface area contributed by atoms with Crippen molar-refractivity contribution in [2.75, 3.05) is 4.72 Å². The second kappa shape index (κ2) is 6.35. The summed E-state index contributed by atoms with van der Waals surface area (Å²) in [6.45, 7) is 1.50. The molecular weight excluding hydrogens is 385 g/mol. The largest absolute Gasteiger partial charge is 0.545 e. The summed E-state index contributed by atoms with van der Waals surface area (Å²) in [4.78, 5) is 11.4. The van der Waals surface area contributed by atoms with Gasteiger partial charge in [0.1, 0.15) is 17.2 Å². The predicted octanol–water partition coefficient (Wildman–Crippen LogP) is 3.20. The highest BCUT2D eigenvalue weighted by molar-refractivity contribution is 7.92. The summed E-state index contributed by atoms with van der Waals surface area (Å²) in [6, 6.07) is 12.6. The first kappa shape index (κ1) is 18.0. The fraction of sp³-hybridized carbons (Fsp3) is 0.0500. The quantitative estimate of drug-likeness (QED) is 0.569. The SMILES string of the molecule is Cc1oc2c(cc(NS(=O)(=O)c3ccc(F)cc3)c3ccccc32)c1C(=O)[O-]. The Balaban J connectivity index is 1.96. The molecule has 0 saturated heterocycles. The zero-order valence-electron chi connectivity index (χ0n) is 14.5. The Labute approximate surface area is 159 Å². The molecule has 0 spiro atoms. The van der Waals surface area contributed by atoms with E-state index in [1.165, 1.54) is 13.0 Å². The molecule has 0 fully saturated rings. The number of sulfonamides is 1. The molecule has 1 heterocycles. The summed E-state index contributed by atoms with van der Waals surface area (Å²) >= 11 is 0. The van der Waals surface area contributed by atoms with Crippen molar-refractivity contribution in [2.24, 2.45) is 0 Å². The zero-order valence-corrected chi connectivity index (χ0v) is 15.3. The molecule has 4 aromatic rings. The molecule has 0 aliphatic heterocycles. The average Bonchev–Trinajstić information content (AvgIpc) is 2.98. The number of carboxylic acids is 1. The molecule has 0 aliphatic rings. The number of carbonyl (C=O) groups excluding carboxylic acids is 1. The number of aromatic carboxylic acids is 1. The summed E-state index contributed by atoms with van der Waals surface area (Å²) in [5.41, 5.74) is 0.371. The van der Waals surface area contributed by atoms with E-state index in [2.05, 4.69) is 4.72 Å². The highest BCUT2D eigenvalue weighted by atomic mass is 32.2. The second-order valence-corrected chi connectivity index (χ2v) is 7.91. The molecule has 0 bridgehead atoms. The third-order valence-corrected chi connectivity index (χ3v) is 5.83. The van der Waals surface area contributed by atoms with Gasteiger partial charge in [-0.1, -0.05) is 24.3 Å². The Hall–Kier alpha value is -3.39. The Kier molecular flexibility index (Phi) is 4.08. The van der Waals surface area contributed by atoms with E-state index in [9.17, 15) is 22.7 Å². The molecule has 142 valence electrons. The summed E-state index contributed by atoms with van der Waals surface area (Å²) in [5.74, 6) is -1.81. The third kappa shape index (κ3) is 2.87. The van der Waals surface area contributed by atoms with Crippen molar-refractivity contribution in [1.29, 1.82) is 0 Å². The molecule has 6 nitrogen and oxygen atoms in total. The van der Waals surface area contributed by atoms with Crippen LogP contribution in [0.5, 0.6) is 0 Å². The summed E-state index contributed by atoms with van der Waals surface area (Å²) in [7, 11) is -4.03. The lowest BCUT2D eigenvalue weighted by molar-refractivity contribution is -0.254. The van der Waals surface area contributed by atoms with Crippen molar-refractivity contribution in [3.05, 3.63) is 71.7 Å². The Bertz CT molecular complexity index is 1340. The van der Waals surface area contributed by atoms with E-state index < -0.39 is 21.8 Å². The van der Waals surface area contributed by atoms with Crippen molar-refractivity contribution in [2.45, 2.75) is 11.8 Å². The van der Waals surface area contributed by atoms with Crippen molar-refractivity contribution in [3.8, 4) is 0 Å². The molecule has 0 unspecified atom stereocenters. The van der Waals surface area contributed by atoms with Crippen molar-refractivity contribution in [3.63, 3.8) is 0 Å². The Morgan fingerprint density at radius 3 is 2.32 bits per heavy atom. The molecule has 0 aliphatic carbocycles. The smallest absolute Gasteiger partial charge is 0.261 e. The molecule has 3 aromatic carbocycles. The third-order valence-electron chi connectivity index (χ3n) is 4.44. The molecule has 0 amide bonds. The Morgan fingerprint density at radius 1 is 1.04 bits per heavy atom. The van der Waals surface area contributed by atoms with Gasteiger partial charge < -0.3 is 14.3 Å². The van der Waals surface area contributed by atoms with E-state index in [0.717, 1.165) is 24.3 Å². The number of hydrogen-bond acceptors (Lipinski definition) is 5. The van der Waals surface area contributed by atoms with E-state index in [0.29, 0.717) is 16.4 Å². The monoisotopic (exact) mass is 398 g/mol. The van der Waals surface area contributed by atoms with Gasteiger partial charge in [0.15, 0.2) is 0 Å². The van der Waals surface area contributed by atoms with Crippen LogP contribution in [0.4, 0.5) is 10.1 Å². The maximum Gasteiger partial charge on any atom is 0.261 e. The predicted molar refractivity (Wildman–Crippen MR) is 100.0 cm³/mol. The molecule has 28 heavy (non-hydrogen) atoms. The summed E-state index contributed by atoms with van der Waals surface area (Å²) in [6.07, 6.45) is 0. The van der Waals surface area contributed by atoms with Crippen LogP contribution in [-0.2, 0) is 10.0 Å². The van der Waals surface area contributed by atoms with Crippen LogP contribution < -0.4 is 9.83 Å². The standard InChI is InChI=1S/C20H14FNO5S/c1-11-18(20(23)24)16-10-17(14-4-2-3-5-15(14)19(16)27-11)22-28(25,26)13-8-6-12(21)7-9-13/h2-10,22H,1H3,(H,23,24)/p-1. The van der Waals surface area contributed by atoms with Crippen molar-refractivity contribution >= 4 is 43.4 Å². The number of fused-ring (bicyclic) bond motifs is 3. The van der Waals surface area contributed by atoms with Crippen molar-refractivity contribution < 1.29 is 27.1 Å². The lowest BCUT2D eigenvalue weighted by atomic mass is 10.0. The van der Waals surface area contributed by atoms with Gasteiger partial charge in [0.25, 0.3) is 10.0 Å². The number of carbonyl (C=O) groups is 1. The van der Waals surface area contributed by atoms with Gasteiger partial charge in [0.2, 0.25) is 0 Å². The number of aryl methyl sites for hydroxylation is 1. The lowest BCUT2D eigenvalue weighted by Crippen LogP contribution is -2.22. The van der Waals surface area contributed by atoms with E-state index in [1.807, 2.05) is 0 Å². The first-order valence-corrected chi connectivity index (χ1v) is 9.71. The van der Waals surface area contributed by atoms with Gasteiger partial charge in [-0.2, -0.15) is 0 Å². The lowest BCUT2D eigenvalue weighted by Gasteiger charge is -2.12. The van der Waals surface area contributed by atoms with E-state index in [4.69, 9.17) is 4.42 Å². The minimum absolute atomic E-state index is 0.124. The highest BCUT2D eigenvalue weighted by Gasteiger charge is 2.20. The van der Waals surface area contributed by atoms with E-state index in [1.54, 1.807) is 24.3 Å².